The minimum absolute atomic E-state index is 0.516. The highest BCUT2D eigenvalue weighted by molar-refractivity contribution is 7.98. The predicted octanol–water partition coefficient (Wildman–Crippen LogP) is 5.82. The minimum Gasteiger partial charge on any atom is -0.129 e. The Morgan fingerprint density at radius 2 is 1.59 bits per heavy atom. The highest BCUT2D eigenvalue weighted by Crippen LogP contribution is 2.48. The van der Waals surface area contributed by atoms with Gasteiger partial charge >= 0.3 is 0 Å². The fraction of sp³-hybridized carbons (Fsp3) is 0.625. The lowest BCUT2D eigenvalue weighted by Gasteiger charge is -2.11. The van der Waals surface area contributed by atoms with Crippen LogP contribution >= 0.6 is 11.8 Å². The topological polar surface area (TPSA) is 0 Å². The fourth-order valence-corrected chi connectivity index (χ4v) is 2.32. The first-order chi connectivity index (χ1) is 8.15. The average molecular weight is 252 g/mol. The Labute approximate surface area is 112 Å². The molecule has 1 aromatic rings. The third kappa shape index (κ3) is 4.39. The molecule has 0 spiro atoms. The largest absolute Gasteiger partial charge is 0.129 e. The first-order valence-corrected chi connectivity index (χ1v) is 8.03. The molecule has 0 nitrogen and oxygen atoms in total. The summed E-state index contributed by atoms with van der Waals surface area (Å²) in [5, 5.41) is 0. The summed E-state index contributed by atoms with van der Waals surface area (Å²) >= 11 is 1.84. The second-order valence-corrected chi connectivity index (χ2v) is 5.09. The molecule has 0 amide bonds. The van der Waals surface area contributed by atoms with Gasteiger partial charge in [-0.05, 0) is 48.6 Å². The van der Waals surface area contributed by atoms with Gasteiger partial charge in [-0.25, -0.2) is 0 Å². The van der Waals surface area contributed by atoms with E-state index in [1.165, 1.54) is 28.9 Å². The zero-order valence-electron chi connectivity index (χ0n) is 12.6. The van der Waals surface area contributed by atoms with Gasteiger partial charge in [-0.15, -0.1) is 11.8 Å². The SMILES string of the molecule is CC.CC.CSc1ccc(C2(C)CC2)cc1C. The van der Waals surface area contributed by atoms with Crippen LogP contribution in [0, 0.1) is 6.92 Å². The zero-order valence-corrected chi connectivity index (χ0v) is 13.4. The maximum absolute atomic E-state index is 2.36. The molecular weight excluding hydrogens is 224 g/mol. The Hall–Kier alpha value is -0.430. The van der Waals surface area contributed by atoms with Crippen molar-refractivity contribution in [3.05, 3.63) is 29.3 Å². The monoisotopic (exact) mass is 252 g/mol. The highest BCUT2D eigenvalue weighted by Gasteiger charge is 2.38. The highest BCUT2D eigenvalue weighted by atomic mass is 32.2. The van der Waals surface area contributed by atoms with Crippen LogP contribution in [0.5, 0.6) is 0 Å². The summed E-state index contributed by atoms with van der Waals surface area (Å²) in [6, 6.07) is 6.92. The van der Waals surface area contributed by atoms with Crippen LogP contribution in [-0.2, 0) is 5.41 Å². The first kappa shape index (κ1) is 16.6. The molecule has 0 aromatic heterocycles. The van der Waals surface area contributed by atoms with Crippen molar-refractivity contribution in [2.75, 3.05) is 6.26 Å². The van der Waals surface area contributed by atoms with Crippen LogP contribution in [0.1, 0.15) is 58.6 Å². The van der Waals surface area contributed by atoms with E-state index < -0.39 is 0 Å². The van der Waals surface area contributed by atoms with Crippen molar-refractivity contribution >= 4 is 11.8 Å². The van der Waals surface area contributed by atoms with Crippen LogP contribution in [0.15, 0.2) is 23.1 Å². The maximum atomic E-state index is 2.36. The lowest BCUT2D eigenvalue weighted by Crippen LogP contribution is -1.99. The summed E-state index contributed by atoms with van der Waals surface area (Å²) < 4.78 is 0. The summed E-state index contributed by atoms with van der Waals surface area (Å²) in [7, 11) is 0. The number of aryl methyl sites for hydroxylation is 1. The molecule has 1 aliphatic carbocycles. The summed E-state index contributed by atoms with van der Waals surface area (Å²) in [4.78, 5) is 1.41. The molecule has 1 aromatic carbocycles. The van der Waals surface area contributed by atoms with Gasteiger partial charge in [-0.3, -0.25) is 0 Å². The maximum Gasteiger partial charge on any atom is 0.00985 e. The Bertz CT molecular complexity index is 324. The van der Waals surface area contributed by atoms with Crippen LogP contribution in [0.2, 0.25) is 0 Å². The van der Waals surface area contributed by atoms with Crippen molar-refractivity contribution in [1.29, 1.82) is 0 Å². The number of benzene rings is 1. The van der Waals surface area contributed by atoms with Gasteiger partial charge in [0.15, 0.2) is 0 Å². The lowest BCUT2D eigenvalue weighted by atomic mass is 9.97. The van der Waals surface area contributed by atoms with Gasteiger partial charge < -0.3 is 0 Å². The Kier molecular flexibility index (Phi) is 7.61. The molecule has 1 saturated carbocycles. The molecule has 0 atom stereocenters. The van der Waals surface area contributed by atoms with Gasteiger partial charge in [-0.1, -0.05) is 46.8 Å². The molecule has 1 heteroatoms. The molecule has 0 bridgehead atoms. The molecule has 0 aliphatic heterocycles. The van der Waals surface area contributed by atoms with Crippen molar-refractivity contribution < 1.29 is 0 Å². The second kappa shape index (κ2) is 7.81. The van der Waals surface area contributed by atoms with Crippen molar-refractivity contribution in [3.8, 4) is 0 Å². The second-order valence-electron chi connectivity index (χ2n) is 4.25. The van der Waals surface area contributed by atoms with Gasteiger partial charge in [0.1, 0.15) is 0 Å². The molecule has 0 unspecified atom stereocenters. The van der Waals surface area contributed by atoms with Crippen LogP contribution in [0.4, 0.5) is 0 Å². The summed E-state index contributed by atoms with van der Waals surface area (Å²) in [5.74, 6) is 0. The van der Waals surface area contributed by atoms with Gasteiger partial charge in [0.2, 0.25) is 0 Å². The Morgan fingerprint density at radius 1 is 1.06 bits per heavy atom. The molecule has 17 heavy (non-hydrogen) atoms. The summed E-state index contributed by atoms with van der Waals surface area (Å²) in [6.45, 7) is 12.6. The van der Waals surface area contributed by atoms with Gasteiger partial charge in [0.05, 0.1) is 0 Å². The zero-order chi connectivity index (χ0) is 13.5. The predicted molar refractivity (Wildman–Crippen MR) is 82.2 cm³/mol. The molecule has 0 heterocycles. The third-order valence-electron chi connectivity index (χ3n) is 3.09. The molecule has 2 rings (SSSR count). The molecule has 1 fully saturated rings. The minimum atomic E-state index is 0.516. The van der Waals surface area contributed by atoms with E-state index in [1.807, 2.05) is 39.5 Å². The van der Waals surface area contributed by atoms with Crippen molar-refractivity contribution in [3.63, 3.8) is 0 Å². The van der Waals surface area contributed by atoms with E-state index in [2.05, 4.69) is 38.3 Å². The Balaban J connectivity index is 0.000000581. The molecule has 0 saturated heterocycles. The molecule has 98 valence electrons. The normalized spacial score (nSPS) is 15.0. The third-order valence-corrected chi connectivity index (χ3v) is 3.99. The first-order valence-electron chi connectivity index (χ1n) is 6.81. The van der Waals surface area contributed by atoms with Crippen molar-refractivity contribution in [1.82, 2.24) is 0 Å². The van der Waals surface area contributed by atoms with Gasteiger partial charge in [0, 0.05) is 4.90 Å². The number of hydrogen-bond acceptors (Lipinski definition) is 1. The lowest BCUT2D eigenvalue weighted by molar-refractivity contribution is 0.784. The van der Waals surface area contributed by atoms with E-state index in [1.54, 1.807) is 0 Å². The van der Waals surface area contributed by atoms with Gasteiger partial charge in [0.25, 0.3) is 0 Å². The number of hydrogen-bond donors (Lipinski definition) is 0. The van der Waals surface area contributed by atoms with Gasteiger partial charge in [-0.2, -0.15) is 0 Å². The van der Waals surface area contributed by atoms with E-state index in [-0.39, 0.29) is 0 Å². The smallest absolute Gasteiger partial charge is 0.00985 e. The standard InChI is InChI=1S/C12H16S.2C2H6/c1-9-8-10(12(2)6-7-12)4-5-11(9)13-3;2*1-2/h4-5,8H,6-7H2,1-3H3;2*1-2H3. The van der Waals surface area contributed by atoms with E-state index >= 15 is 0 Å². The molecule has 0 radical (unpaired) electrons. The molecule has 0 N–H and O–H groups in total. The van der Waals surface area contributed by atoms with Crippen LogP contribution in [0.25, 0.3) is 0 Å². The fourth-order valence-electron chi connectivity index (χ4n) is 1.73. The van der Waals surface area contributed by atoms with Crippen LogP contribution < -0.4 is 0 Å². The van der Waals surface area contributed by atoms with E-state index in [0.717, 1.165) is 0 Å². The van der Waals surface area contributed by atoms with Crippen LogP contribution in [-0.4, -0.2) is 6.26 Å². The molecule has 1 aliphatic rings. The van der Waals surface area contributed by atoms with Crippen molar-refractivity contribution in [2.24, 2.45) is 0 Å². The Morgan fingerprint density at radius 3 is 1.94 bits per heavy atom. The number of rotatable bonds is 2. The summed E-state index contributed by atoms with van der Waals surface area (Å²) in [5.41, 5.74) is 3.47. The van der Waals surface area contributed by atoms with E-state index in [9.17, 15) is 0 Å². The summed E-state index contributed by atoms with van der Waals surface area (Å²) in [6.07, 6.45) is 4.87. The van der Waals surface area contributed by atoms with Crippen LogP contribution in [0.3, 0.4) is 0 Å². The molecular formula is C16H28S. The van der Waals surface area contributed by atoms with E-state index in [4.69, 9.17) is 0 Å². The van der Waals surface area contributed by atoms with E-state index in [0.29, 0.717) is 5.41 Å². The quantitative estimate of drug-likeness (QED) is 0.597. The number of thioether (sulfide) groups is 1. The average Bonchev–Trinajstić information content (AvgIpc) is 3.13. The van der Waals surface area contributed by atoms with Crippen molar-refractivity contribution in [2.45, 2.75) is 64.7 Å².